The summed E-state index contributed by atoms with van der Waals surface area (Å²) in [5.74, 6) is 1.21. The van der Waals surface area contributed by atoms with E-state index in [0.29, 0.717) is 17.8 Å². The Morgan fingerprint density at radius 2 is 2.19 bits per heavy atom. The predicted molar refractivity (Wildman–Crippen MR) is 60.0 cm³/mol. The summed E-state index contributed by atoms with van der Waals surface area (Å²) in [4.78, 5) is 0. The summed E-state index contributed by atoms with van der Waals surface area (Å²) < 4.78 is 7.68. The van der Waals surface area contributed by atoms with Gasteiger partial charge in [0, 0.05) is 12.5 Å². The smallest absolute Gasteiger partial charge is 0.169 e. The van der Waals surface area contributed by atoms with Crippen LogP contribution >= 0.6 is 0 Å². The first-order chi connectivity index (χ1) is 7.84. The summed E-state index contributed by atoms with van der Waals surface area (Å²) in [6.07, 6.45) is 6.32. The second-order valence-electron chi connectivity index (χ2n) is 4.80. The van der Waals surface area contributed by atoms with Crippen molar-refractivity contribution in [2.45, 2.75) is 50.7 Å². The van der Waals surface area contributed by atoms with E-state index in [1.54, 1.807) is 0 Å². The van der Waals surface area contributed by atoms with Gasteiger partial charge in [0.15, 0.2) is 5.82 Å². The lowest BCUT2D eigenvalue weighted by Crippen LogP contribution is -2.25. The minimum absolute atomic E-state index is 0.298. The first-order valence-corrected chi connectivity index (χ1v) is 6.15. The summed E-state index contributed by atoms with van der Waals surface area (Å²) in [6, 6.07) is 0. The van der Waals surface area contributed by atoms with Crippen LogP contribution in [0.3, 0.4) is 0 Å². The quantitative estimate of drug-likeness (QED) is 0.837. The normalized spacial score (nSPS) is 25.9. The van der Waals surface area contributed by atoms with Crippen molar-refractivity contribution in [1.82, 2.24) is 15.0 Å². The lowest BCUT2D eigenvalue weighted by molar-refractivity contribution is 0.00324. The van der Waals surface area contributed by atoms with Crippen molar-refractivity contribution < 1.29 is 4.74 Å². The molecule has 1 unspecified atom stereocenters. The van der Waals surface area contributed by atoms with Gasteiger partial charge in [0.1, 0.15) is 0 Å². The first-order valence-electron chi connectivity index (χ1n) is 6.15. The lowest BCUT2D eigenvalue weighted by Gasteiger charge is -2.22. The molecule has 1 aliphatic heterocycles. The number of anilines is 1. The minimum atomic E-state index is 0.298. The van der Waals surface area contributed by atoms with Crippen LogP contribution in [0.5, 0.6) is 0 Å². The van der Waals surface area contributed by atoms with Crippen LogP contribution in [0.4, 0.5) is 5.82 Å². The van der Waals surface area contributed by atoms with Crippen molar-refractivity contribution in [3.05, 3.63) is 5.69 Å². The second-order valence-corrected chi connectivity index (χ2v) is 4.80. The highest BCUT2D eigenvalue weighted by molar-refractivity contribution is 5.38. The molecule has 5 nitrogen and oxygen atoms in total. The van der Waals surface area contributed by atoms with E-state index in [1.165, 1.54) is 25.7 Å². The highest BCUT2D eigenvalue weighted by Gasteiger charge is 2.31. The zero-order valence-corrected chi connectivity index (χ0v) is 9.43. The van der Waals surface area contributed by atoms with Gasteiger partial charge in [0.25, 0.3) is 0 Å². The Balaban J connectivity index is 1.73. The van der Waals surface area contributed by atoms with Crippen molar-refractivity contribution in [2.75, 3.05) is 12.3 Å². The molecule has 5 heteroatoms. The highest BCUT2D eigenvalue weighted by atomic mass is 16.5. The number of rotatable bonds is 3. The number of nitrogen functional groups attached to an aromatic ring is 1. The maximum absolute atomic E-state index is 5.85. The zero-order chi connectivity index (χ0) is 11.0. The molecule has 0 spiro atoms. The Morgan fingerprint density at radius 3 is 2.88 bits per heavy atom. The van der Waals surface area contributed by atoms with Gasteiger partial charge in [-0.2, -0.15) is 0 Å². The van der Waals surface area contributed by atoms with E-state index in [0.717, 1.165) is 25.3 Å². The van der Waals surface area contributed by atoms with E-state index < -0.39 is 0 Å². The molecule has 1 aromatic rings. The average Bonchev–Trinajstić information content (AvgIpc) is 3.07. The van der Waals surface area contributed by atoms with E-state index in [2.05, 4.69) is 10.3 Å². The SMILES string of the molecule is Nc1nnn(CC2CCCCO2)c1C1CC1. The van der Waals surface area contributed by atoms with Gasteiger partial charge >= 0.3 is 0 Å². The molecule has 16 heavy (non-hydrogen) atoms. The van der Waals surface area contributed by atoms with Gasteiger partial charge in [-0.25, -0.2) is 4.68 Å². The van der Waals surface area contributed by atoms with E-state index in [1.807, 2.05) is 4.68 Å². The summed E-state index contributed by atoms with van der Waals surface area (Å²) in [6.45, 7) is 1.70. The first kappa shape index (κ1) is 10.1. The van der Waals surface area contributed by atoms with Crippen LogP contribution in [0, 0.1) is 0 Å². The molecule has 0 amide bonds. The third-order valence-electron chi connectivity index (χ3n) is 3.42. The van der Waals surface area contributed by atoms with Gasteiger partial charge < -0.3 is 10.5 Å². The third kappa shape index (κ3) is 1.91. The van der Waals surface area contributed by atoms with Crippen LogP contribution in [0.1, 0.15) is 43.7 Å². The summed E-state index contributed by atoms with van der Waals surface area (Å²) in [7, 11) is 0. The van der Waals surface area contributed by atoms with E-state index in [4.69, 9.17) is 10.5 Å². The van der Waals surface area contributed by atoms with Gasteiger partial charge in [-0.1, -0.05) is 5.21 Å². The molecule has 0 aromatic carbocycles. The fraction of sp³-hybridized carbons (Fsp3) is 0.818. The van der Waals surface area contributed by atoms with Gasteiger partial charge in [-0.3, -0.25) is 0 Å². The summed E-state index contributed by atoms with van der Waals surface area (Å²) in [5.41, 5.74) is 6.99. The third-order valence-corrected chi connectivity index (χ3v) is 3.42. The number of nitrogens with zero attached hydrogens (tertiary/aromatic N) is 3. The van der Waals surface area contributed by atoms with Crippen molar-refractivity contribution in [3.8, 4) is 0 Å². The Hall–Kier alpha value is -1.10. The minimum Gasteiger partial charge on any atom is -0.381 e. The number of hydrogen-bond donors (Lipinski definition) is 1. The molecule has 1 atom stereocenters. The van der Waals surface area contributed by atoms with Gasteiger partial charge in [0.2, 0.25) is 0 Å². The molecular weight excluding hydrogens is 204 g/mol. The zero-order valence-electron chi connectivity index (χ0n) is 9.43. The Kier molecular flexibility index (Phi) is 2.55. The molecule has 1 aliphatic carbocycles. The van der Waals surface area contributed by atoms with Crippen LogP contribution < -0.4 is 5.73 Å². The maximum Gasteiger partial charge on any atom is 0.169 e. The molecule has 2 aliphatic rings. The molecule has 3 rings (SSSR count). The molecule has 1 aromatic heterocycles. The van der Waals surface area contributed by atoms with Gasteiger partial charge in [0.05, 0.1) is 18.3 Å². The van der Waals surface area contributed by atoms with Crippen molar-refractivity contribution >= 4 is 5.82 Å². The molecule has 2 fully saturated rings. The Labute approximate surface area is 95.0 Å². The topological polar surface area (TPSA) is 66.0 Å². The monoisotopic (exact) mass is 222 g/mol. The summed E-state index contributed by atoms with van der Waals surface area (Å²) >= 11 is 0. The van der Waals surface area contributed by atoms with Crippen LogP contribution in [0.2, 0.25) is 0 Å². The van der Waals surface area contributed by atoms with Crippen LogP contribution in [-0.4, -0.2) is 27.7 Å². The number of hydrogen-bond acceptors (Lipinski definition) is 4. The maximum atomic E-state index is 5.85. The molecule has 1 saturated carbocycles. The van der Waals surface area contributed by atoms with E-state index >= 15 is 0 Å². The lowest BCUT2D eigenvalue weighted by atomic mass is 10.1. The fourth-order valence-electron chi connectivity index (χ4n) is 2.39. The average molecular weight is 222 g/mol. The molecule has 2 heterocycles. The Morgan fingerprint density at radius 1 is 1.31 bits per heavy atom. The van der Waals surface area contributed by atoms with Crippen molar-refractivity contribution in [3.63, 3.8) is 0 Å². The molecule has 88 valence electrons. The van der Waals surface area contributed by atoms with Crippen LogP contribution in [0.15, 0.2) is 0 Å². The van der Waals surface area contributed by atoms with Gasteiger partial charge in [-0.05, 0) is 32.1 Å². The van der Waals surface area contributed by atoms with Crippen LogP contribution in [0.25, 0.3) is 0 Å². The summed E-state index contributed by atoms with van der Waals surface area (Å²) in [5, 5.41) is 8.11. The molecule has 2 N–H and O–H groups in total. The largest absolute Gasteiger partial charge is 0.381 e. The fourth-order valence-corrected chi connectivity index (χ4v) is 2.39. The Bertz CT molecular complexity index is 366. The highest BCUT2D eigenvalue weighted by Crippen LogP contribution is 2.42. The molecule has 1 saturated heterocycles. The second kappa shape index (κ2) is 4.05. The molecule has 0 bridgehead atoms. The predicted octanol–water partition coefficient (Wildman–Crippen LogP) is 1.31. The standard InChI is InChI=1S/C11H18N4O/c12-11-10(8-4-5-8)15(14-13-11)7-9-3-1-2-6-16-9/h8-9H,1-7,12H2. The molecule has 0 radical (unpaired) electrons. The number of ether oxygens (including phenoxy) is 1. The molecular formula is C11H18N4O. The number of aromatic nitrogens is 3. The van der Waals surface area contributed by atoms with Crippen molar-refractivity contribution in [2.24, 2.45) is 0 Å². The van der Waals surface area contributed by atoms with E-state index in [-0.39, 0.29) is 0 Å². The number of nitrogens with two attached hydrogens (primary N) is 1. The van der Waals surface area contributed by atoms with Gasteiger partial charge in [-0.15, -0.1) is 5.10 Å². The van der Waals surface area contributed by atoms with Crippen LogP contribution in [-0.2, 0) is 11.3 Å². The van der Waals surface area contributed by atoms with Crippen molar-refractivity contribution in [1.29, 1.82) is 0 Å². The van der Waals surface area contributed by atoms with E-state index in [9.17, 15) is 0 Å².